The first-order chi connectivity index (χ1) is 8.83. The zero-order valence-corrected chi connectivity index (χ0v) is 12.3. The molecule has 0 bridgehead atoms. The Labute approximate surface area is 115 Å². The van der Waals surface area contributed by atoms with Crippen LogP contribution in [0.15, 0.2) is 24.3 Å². The standard InChI is InChI=1S/C16H24FNO/c1-5-6-7-14(19)15(18-16(2,3)4)12-8-10-13(17)11-9-12/h8-11,15,18H,5-7H2,1-4H3/t15-/m1/s1. The van der Waals surface area contributed by atoms with Gasteiger partial charge < -0.3 is 0 Å². The summed E-state index contributed by atoms with van der Waals surface area (Å²) >= 11 is 0. The first-order valence-corrected chi connectivity index (χ1v) is 6.89. The van der Waals surface area contributed by atoms with Crippen LogP contribution in [0.25, 0.3) is 0 Å². The van der Waals surface area contributed by atoms with Gasteiger partial charge in [-0.15, -0.1) is 0 Å². The number of Topliss-reactive ketones (excluding diaryl/α,β-unsaturated/α-hetero) is 1. The number of nitrogens with one attached hydrogen (secondary N) is 1. The van der Waals surface area contributed by atoms with Crippen LogP contribution in [0, 0.1) is 5.82 Å². The molecule has 0 aromatic heterocycles. The van der Waals surface area contributed by atoms with Crippen molar-refractivity contribution in [3.05, 3.63) is 35.6 Å². The Morgan fingerprint density at radius 2 is 1.84 bits per heavy atom. The lowest BCUT2D eigenvalue weighted by Gasteiger charge is -2.28. The highest BCUT2D eigenvalue weighted by atomic mass is 19.1. The van der Waals surface area contributed by atoms with E-state index in [2.05, 4.69) is 12.2 Å². The van der Waals surface area contributed by atoms with Gasteiger partial charge in [-0.1, -0.05) is 25.5 Å². The highest BCUT2D eigenvalue weighted by Gasteiger charge is 2.24. The zero-order chi connectivity index (χ0) is 14.5. The molecule has 1 aromatic rings. The third-order valence-electron chi connectivity index (χ3n) is 2.88. The number of ketones is 1. The highest BCUT2D eigenvalue weighted by Crippen LogP contribution is 2.20. The Hall–Kier alpha value is -1.22. The predicted molar refractivity (Wildman–Crippen MR) is 76.6 cm³/mol. The second-order valence-electron chi connectivity index (χ2n) is 5.95. The Morgan fingerprint density at radius 3 is 2.32 bits per heavy atom. The van der Waals surface area contributed by atoms with Crippen molar-refractivity contribution in [3.63, 3.8) is 0 Å². The molecule has 0 heterocycles. The van der Waals surface area contributed by atoms with E-state index in [4.69, 9.17) is 0 Å². The minimum atomic E-state index is -0.354. The molecule has 3 heteroatoms. The summed E-state index contributed by atoms with van der Waals surface area (Å²) in [5, 5.41) is 3.33. The molecule has 0 fully saturated rings. The number of benzene rings is 1. The maximum atomic E-state index is 13.0. The summed E-state index contributed by atoms with van der Waals surface area (Å²) in [6.45, 7) is 8.14. The van der Waals surface area contributed by atoms with Crippen molar-refractivity contribution < 1.29 is 9.18 Å². The number of hydrogen-bond acceptors (Lipinski definition) is 2. The van der Waals surface area contributed by atoms with E-state index in [-0.39, 0.29) is 23.2 Å². The van der Waals surface area contributed by atoms with Crippen LogP contribution in [-0.2, 0) is 4.79 Å². The number of carbonyl (C=O) groups is 1. The summed E-state index contributed by atoms with van der Waals surface area (Å²) in [5.41, 5.74) is 0.665. The van der Waals surface area contributed by atoms with Crippen LogP contribution >= 0.6 is 0 Å². The quantitative estimate of drug-likeness (QED) is 0.842. The lowest BCUT2D eigenvalue weighted by atomic mass is 9.96. The molecule has 0 unspecified atom stereocenters. The monoisotopic (exact) mass is 265 g/mol. The van der Waals surface area contributed by atoms with Crippen molar-refractivity contribution in [2.45, 2.75) is 58.5 Å². The van der Waals surface area contributed by atoms with E-state index in [9.17, 15) is 9.18 Å². The fraction of sp³-hybridized carbons (Fsp3) is 0.562. The Kier molecular flexibility index (Phi) is 5.67. The molecule has 0 aliphatic rings. The van der Waals surface area contributed by atoms with Crippen molar-refractivity contribution in [1.82, 2.24) is 5.32 Å². The van der Waals surface area contributed by atoms with Gasteiger partial charge in [0.05, 0.1) is 6.04 Å². The topological polar surface area (TPSA) is 29.1 Å². The SMILES string of the molecule is CCCCC(=O)[C@H](NC(C)(C)C)c1ccc(F)cc1. The molecule has 2 nitrogen and oxygen atoms in total. The molecule has 1 aromatic carbocycles. The third kappa shape index (κ3) is 5.52. The second-order valence-corrected chi connectivity index (χ2v) is 5.95. The van der Waals surface area contributed by atoms with Gasteiger partial charge in [-0.3, -0.25) is 10.1 Å². The fourth-order valence-electron chi connectivity index (χ4n) is 1.93. The summed E-state index contributed by atoms with van der Waals surface area (Å²) < 4.78 is 13.0. The van der Waals surface area contributed by atoms with E-state index < -0.39 is 0 Å². The lowest BCUT2D eigenvalue weighted by molar-refractivity contribution is -0.121. The van der Waals surface area contributed by atoms with Crippen molar-refractivity contribution in [1.29, 1.82) is 0 Å². The van der Waals surface area contributed by atoms with E-state index >= 15 is 0 Å². The van der Waals surface area contributed by atoms with Gasteiger partial charge in [-0.05, 0) is 44.9 Å². The molecule has 0 radical (unpaired) electrons. The normalized spacial score (nSPS) is 13.3. The highest BCUT2D eigenvalue weighted by molar-refractivity contribution is 5.85. The summed E-state index contributed by atoms with van der Waals surface area (Å²) in [4.78, 5) is 12.3. The second kappa shape index (κ2) is 6.80. The van der Waals surface area contributed by atoms with Crippen molar-refractivity contribution in [3.8, 4) is 0 Å². The maximum absolute atomic E-state index is 13.0. The van der Waals surface area contributed by atoms with Crippen LogP contribution in [0.2, 0.25) is 0 Å². The molecule has 0 saturated carbocycles. The molecule has 0 amide bonds. The van der Waals surface area contributed by atoms with Crippen LogP contribution in [0.5, 0.6) is 0 Å². The van der Waals surface area contributed by atoms with Gasteiger partial charge >= 0.3 is 0 Å². The van der Waals surface area contributed by atoms with E-state index in [1.54, 1.807) is 12.1 Å². The predicted octanol–water partition coefficient (Wildman–Crippen LogP) is 4.01. The number of unbranched alkanes of at least 4 members (excludes halogenated alkanes) is 1. The molecule has 0 spiro atoms. The molecule has 0 saturated heterocycles. The minimum absolute atomic E-state index is 0.166. The Bertz CT molecular complexity index is 406. The van der Waals surface area contributed by atoms with Crippen LogP contribution in [0.1, 0.15) is 58.6 Å². The molecule has 0 aliphatic carbocycles. The van der Waals surface area contributed by atoms with Gasteiger partial charge in [-0.25, -0.2) is 4.39 Å². The summed E-state index contributed by atoms with van der Waals surface area (Å²) in [5.74, 6) is -0.109. The van der Waals surface area contributed by atoms with E-state index in [0.717, 1.165) is 18.4 Å². The molecule has 1 atom stereocenters. The third-order valence-corrected chi connectivity index (χ3v) is 2.88. The van der Waals surface area contributed by atoms with Gasteiger partial charge in [0.1, 0.15) is 5.82 Å². The first kappa shape index (κ1) is 15.8. The Balaban J connectivity index is 2.91. The van der Waals surface area contributed by atoms with Crippen molar-refractivity contribution in [2.24, 2.45) is 0 Å². The van der Waals surface area contributed by atoms with Crippen LogP contribution < -0.4 is 5.32 Å². The lowest BCUT2D eigenvalue weighted by Crippen LogP contribution is -2.42. The van der Waals surface area contributed by atoms with Crippen LogP contribution in [-0.4, -0.2) is 11.3 Å². The van der Waals surface area contributed by atoms with Gasteiger partial charge in [0.2, 0.25) is 0 Å². The molecule has 19 heavy (non-hydrogen) atoms. The molecular formula is C16H24FNO. The molecule has 106 valence electrons. The van der Waals surface area contributed by atoms with Crippen LogP contribution in [0.3, 0.4) is 0 Å². The van der Waals surface area contributed by atoms with Gasteiger partial charge in [0.25, 0.3) is 0 Å². The summed E-state index contributed by atoms with van der Waals surface area (Å²) in [7, 11) is 0. The van der Waals surface area contributed by atoms with Crippen molar-refractivity contribution in [2.75, 3.05) is 0 Å². The first-order valence-electron chi connectivity index (χ1n) is 6.89. The Morgan fingerprint density at radius 1 is 1.26 bits per heavy atom. The van der Waals surface area contributed by atoms with E-state index in [1.807, 2.05) is 20.8 Å². The van der Waals surface area contributed by atoms with E-state index in [0.29, 0.717) is 6.42 Å². The average Bonchev–Trinajstić information content (AvgIpc) is 2.33. The zero-order valence-electron chi connectivity index (χ0n) is 12.3. The van der Waals surface area contributed by atoms with Gasteiger partial charge in [0.15, 0.2) is 5.78 Å². The average molecular weight is 265 g/mol. The number of carbonyl (C=O) groups excluding carboxylic acids is 1. The van der Waals surface area contributed by atoms with Gasteiger partial charge in [0, 0.05) is 12.0 Å². The smallest absolute Gasteiger partial charge is 0.154 e. The summed E-state index contributed by atoms with van der Waals surface area (Å²) in [6, 6.07) is 5.82. The number of halogens is 1. The minimum Gasteiger partial charge on any atom is -0.299 e. The molecular weight excluding hydrogens is 241 g/mol. The number of rotatable bonds is 6. The fourth-order valence-corrected chi connectivity index (χ4v) is 1.93. The maximum Gasteiger partial charge on any atom is 0.154 e. The van der Waals surface area contributed by atoms with Gasteiger partial charge in [-0.2, -0.15) is 0 Å². The number of hydrogen-bond donors (Lipinski definition) is 1. The van der Waals surface area contributed by atoms with Crippen molar-refractivity contribution >= 4 is 5.78 Å². The van der Waals surface area contributed by atoms with E-state index in [1.165, 1.54) is 12.1 Å². The molecule has 0 aliphatic heterocycles. The van der Waals surface area contributed by atoms with Crippen LogP contribution in [0.4, 0.5) is 4.39 Å². The molecule has 1 N–H and O–H groups in total. The largest absolute Gasteiger partial charge is 0.299 e. The summed E-state index contributed by atoms with van der Waals surface area (Å²) in [6.07, 6.45) is 2.45. The molecule has 1 rings (SSSR count).